The average Bonchev–Trinajstić information content (AvgIpc) is 3.35. The number of urea groups is 1. The van der Waals surface area contributed by atoms with Crippen molar-refractivity contribution in [2.24, 2.45) is 0 Å². The largest absolute Gasteiger partial charge is 0.330 e. The van der Waals surface area contributed by atoms with Crippen LogP contribution in [0, 0.1) is 0 Å². The first kappa shape index (κ1) is 21.9. The fourth-order valence-corrected chi connectivity index (χ4v) is 6.24. The third-order valence-electron chi connectivity index (χ3n) is 7.43. The van der Waals surface area contributed by atoms with Gasteiger partial charge in [-0.05, 0) is 57.5 Å². The van der Waals surface area contributed by atoms with Crippen LogP contribution in [0.25, 0.3) is 11.0 Å². The highest BCUT2D eigenvalue weighted by molar-refractivity contribution is 7.89. The minimum atomic E-state index is -3.43. The van der Waals surface area contributed by atoms with Crippen molar-refractivity contribution in [3.8, 4) is 0 Å². The first-order chi connectivity index (χ1) is 15.6. The zero-order valence-electron chi connectivity index (χ0n) is 19.2. The number of pyridine rings is 1. The lowest BCUT2D eigenvalue weighted by Gasteiger charge is -2.48. The van der Waals surface area contributed by atoms with E-state index in [1.807, 2.05) is 12.1 Å². The van der Waals surface area contributed by atoms with Gasteiger partial charge in [0, 0.05) is 17.1 Å². The molecule has 1 N–H and O–H groups in total. The summed E-state index contributed by atoms with van der Waals surface area (Å²) in [7, 11) is 0.831. The van der Waals surface area contributed by atoms with E-state index in [9.17, 15) is 13.2 Å². The summed E-state index contributed by atoms with van der Waals surface area (Å²) in [4.78, 5) is 21.4. The van der Waals surface area contributed by atoms with E-state index >= 15 is 0 Å². The van der Waals surface area contributed by atoms with Crippen LogP contribution in [0.5, 0.6) is 0 Å². The number of benzene rings is 1. The van der Waals surface area contributed by atoms with Gasteiger partial charge in [-0.1, -0.05) is 30.3 Å². The smallest absolute Gasteiger partial charge is 0.322 e. The predicted octanol–water partition coefficient (Wildman–Crippen LogP) is 3.14. The number of fused-ring (bicyclic) bond motifs is 1. The van der Waals surface area contributed by atoms with Gasteiger partial charge in [0.1, 0.15) is 0 Å². The van der Waals surface area contributed by atoms with Crippen molar-refractivity contribution in [2.45, 2.75) is 36.8 Å². The maximum atomic E-state index is 13.0. The molecule has 2 amide bonds. The predicted molar refractivity (Wildman–Crippen MR) is 129 cm³/mol. The van der Waals surface area contributed by atoms with Crippen molar-refractivity contribution in [1.82, 2.24) is 19.2 Å². The van der Waals surface area contributed by atoms with Gasteiger partial charge in [0.05, 0.1) is 30.2 Å². The van der Waals surface area contributed by atoms with E-state index in [4.69, 9.17) is 0 Å². The van der Waals surface area contributed by atoms with Crippen LogP contribution in [0.1, 0.15) is 31.2 Å². The monoisotopic (exact) mass is 467 g/mol. The molecule has 5 rings (SSSR count). The van der Waals surface area contributed by atoms with Gasteiger partial charge < -0.3 is 5.32 Å². The number of carbonyl (C=O) groups excluding carboxylic acids is 1. The van der Waals surface area contributed by atoms with Gasteiger partial charge in [-0.15, -0.1) is 0 Å². The molecule has 1 aliphatic carbocycles. The van der Waals surface area contributed by atoms with E-state index in [2.05, 4.69) is 53.6 Å². The minimum absolute atomic E-state index is 0.0420. The number of hydrogen-bond acceptors (Lipinski definition) is 5. The summed E-state index contributed by atoms with van der Waals surface area (Å²) < 4.78 is 25.1. The van der Waals surface area contributed by atoms with Gasteiger partial charge in [-0.25, -0.2) is 22.2 Å². The van der Waals surface area contributed by atoms with E-state index in [0.29, 0.717) is 23.3 Å². The lowest BCUT2D eigenvalue weighted by atomic mass is 9.69. The van der Waals surface area contributed by atoms with Crippen molar-refractivity contribution in [1.29, 1.82) is 0 Å². The first-order valence-electron chi connectivity index (χ1n) is 11.1. The van der Waals surface area contributed by atoms with E-state index in [1.165, 1.54) is 11.8 Å². The molecule has 2 fully saturated rings. The number of amides is 2. The lowest BCUT2D eigenvalue weighted by Crippen LogP contribution is -2.54. The Hall–Kier alpha value is -2.91. The van der Waals surface area contributed by atoms with Gasteiger partial charge in [0.25, 0.3) is 0 Å². The van der Waals surface area contributed by atoms with Crippen molar-refractivity contribution < 1.29 is 13.2 Å². The number of hydrogen-bond donors (Lipinski definition) is 1. The molecular weight excluding hydrogens is 438 g/mol. The van der Waals surface area contributed by atoms with Crippen LogP contribution in [0.15, 0.2) is 54.9 Å². The fourth-order valence-electron chi connectivity index (χ4n) is 5.49. The van der Waals surface area contributed by atoms with Crippen molar-refractivity contribution in [3.05, 3.63) is 60.4 Å². The summed E-state index contributed by atoms with van der Waals surface area (Å²) in [6.45, 7) is 0.574. The van der Waals surface area contributed by atoms with E-state index in [0.717, 1.165) is 35.9 Å². The molecule has 0 atom stereocenters. The Kier molecular flexibility index (Phi) is 5.02. The van der Waals surface area contributed by atoms with Gasteiger partial charge in [-0.2, -0.15) is 0 Å². The van der Waals surface area contributed by atoms with Crippen LogP contribution in [-0.2, 0) is 15.6 Å². The highest BCUT2D eigenvalue weighted by Gasteiger charge is 2.50. The van der Waals surface area contributed by atoms with Crippen LogP contribution in [0.2, 0.25) is 0 Å². The van der Waals surface area contributed by atoms with E-state index in [-0.39, 0.29) is 17.1 Å². The van der Waals surface area contributed by atoms with Crippen LogP contribution >= 0.6 is 0 Å². The van der Waals surface area contributed by atoms with Crippen molar-refractivity contribution in [3.63, 3.8) is 0 Å². The number of nitrogens with one attached hydrogen (secondary N) is 1. The molecule has 174 valence electrons. The Morgan fingerprint density at radius 2 is 1.76 bits per heavy atom. The summed E-state index contributed by atoms with van der Waals surface area (Å²) in [6.07, 6.45) is 7.88. The van der Waals surface area contributed by atoms with Gasteiger partial charge in [0.15, 0.2) is 5.65 Å². The number of rotatable bonds is 4. The molecule has 1 aliphatic heterocycles. The molecule has 9 heteroatoms. The molecule has 1 saturated carbocycles. The zero-order chi connectivity index (χ0) is 23.4. The Balaban J connectivity index is 1.39. The molecule has 3 aromatic rings. The Bertz CT molecular complexity index is 1310. The summed E-state index contributed by atoms with van der Waals surface area (Å²) in [6, 6.07) is 14.0. The molecule has 1 spiro atoms. The quantitative estimate of drug-likeness (QED) is 0.637. The molecule has 2 aliphatic rings. The molecule has 0 radical (unpaired) electrons. The SMILES string of the molecule is CN(C)[C@]1(c2ccccc2)CC[C@@]2(CC1)CN(c1cnc3c(ccn3S(C)(=O)=O)c1)C(=O)N2. The molecule has 33 heavy (non-hydrogen) atoms. The zero-order valence-corrected chi connectivity index (χ0v) is 20.0. The third kappa shape index (κ3) is 3.59. The third-order valence-corrected chi connectivity index (χ3v) is 8.44. The number of anilines is 1. The van der Waals surface area contributed by atoms with Gasteiger partial charge >= 0.3 is 6.03 Å². The molecule has 1 aromatic carbocycles. The summed E-state index contributed by atoms with van der Waals surface area (Å²) in [5, 5.41) is 3.95. The second-order valence-electron chi connectivity index (χ2n) is 9.57. The van der Waals surface area contributed by atoms with E-state index in [1.54, 1.807) is 17.2 Å². The standard InChI is InChI=1S/C24H29N5O3S/c1-27(2)24(19-7-5-4-6-8-19)12-10-23(11-13-24)17-28(22(30)26-23)20-15-18-9-14-29(33(3,31)32)21(18)25-16-20/h4-9,14-16H,10-13,17H2,1-3H3,(H,26,30)/t23-,24-. The van der Waals surface area contributed by atoms with Crippen molar-refractivity contribution >= 4 is 32.8 Å². The summed E-state index contributed by atoms with van der Waals surface area (Å²) in [5.74, 6) is 0. The fraction of sp³-hybridized carbons (Fsp3) is 0.417. The van der Waals surface area contributed by atoms with Crippen LogP contribution in [-0.4, -0.2) is 60.7 Å². The molecular formula is C24H29N5O3S. The molecule has 1 saturated heterocycles. The van der Waals surface area contributed by atoms with Crippen LogP contribution in [0.4, 0.5) is 10.5 Å². The topological polar surface area (TPSA) is 87.5 Å². The van der Waals surface area contributed by atoms with Crippen LogP contribution < -0.4 is 10.2 Å². The number of aromatic nitrogens is 2. The summed E-state index contributed by atoms with van der Waals surface area (Å²) >= 11 is 0. The maximum Gasteiger partial charge on any atom is 0.322 e. The first-order valence-corrected chi connectivity index (χ1v) is 13.0. The number of carbonyl (C=O) groups is 1. The second-order valence-corrected chi connectivity index (χ2v) is 11.4. The second kappa shape index (κ2) is 7.56. The highest BCUT2D eigenvalue weighted by atomic mass is 32.2. The number of nitrogens with zero attached hydrogens (tertiary/aromatic N) is 4. The van der Waals surface area contributed by atoms with Gasteiger partial charge in [-0.3, -0.25) is 9.80 Å². The lowest BCUT2D eigenvalue weighted by molar-refractivity contribution is 0.0658. The van der Waals surface area contributed by atoms with E-state index < -0.39 is 10.0 Å². The molecule has 8 nitrogen and oxygen atoms in total. The summed E-state index contributed by atoms with van der Waals surface area (Å²) in [5.41, 5.74) is 2.04. The Labute approximate surface area is 194 Å². The van der Waals surface area contributed by atoms with Crippen LogP contribution in [0.3, 0.4) is 0 Å². The maximum absolute atomic E-state index is 13.0. The molecule has 0 bridgehead atoms. The van der Waals surface area contributed by atoms with Gasteiger partial charge in [0.2, 0.25) is 10.0 Å². The van der Waals surface area contributed by atoms with Crippen molar-refractivity contribution in [2.75, 3.05) is 31.8 Å². The Morgan fingerprint density at radius 1 is 1.06 bits per heavy atom. The molecule has 0 unspecified atom stereocenters. The molecule has 2 aromatic heterocycles. The highest BCUT2D eigenvalue weighted by Crippen LogP contribution is 2.46. The normalized spacial score (nSPS) is 25.8. The molecule has 3 heterocycles. The minimum Gasteiger partial charge on any atom is -0.330 e. The average molecular weight is 468 g/mol. The Morgan fingerprint density at radius 3 is 2.39 bits per heavy atom.